The number of methoxy groups -OCH3 is 2. The Hall–Kier alpha value is -2.29. The van der Waals surface area contributed by atoms with Gasteiger partial charge < -0.3 is 19.5 Å². The van der Waals surface area contributed by atoms with Gasteiger partial charge in [-0.25, -0.2) is 4.79 Å². The molecule has 0 saturated heterocycles. The minimum absolute atomic E-state index is 0.394. The monoisotopic (exact) mass is 455 g/mol. The van der Waals surface area contributed by atoms with Gasteiger partial charge in [0.05, 0.1) is 25.5 Å². The topological polar surface area (TPSA) is 73.9 Å². The van der Waals surface area contributed by atoms with E-state index < -0.39 is 18.0 Å². The smallest absolute Gasteiger partial charge is 0.338 e. The number of hydrogen-bond acceptors (Lipinski definition) is 5. The Morgan fingerprint density at radius 3 is 2.48 bits per heavy atom. The molecule has 0 aliphatic carbocycles. The quantitative estimate of drug-likeness (QED) is 0.534. The first kappa shape index (κ1) is 19.0. The summed E-state index contributed by atoms with van der Waals surface area (Å²) < 4.78 is 16.5. The van der Waals surface area contributed by atoms with Gasteiger partial charge >= 0.3 is 5.97 Å². The molecular weight excluding hydrogens is 437 g/mol. The van der Waals surface area contributed by atoms with Gasteiger partial charge in [-0.1, -0.05) is 6.07 Å². The molecule has 1 N–H and O–H groups in total. The molecule has 1 amide bonds. The molecule has 0 aliphatic rings. The standard InChI is InChI=1S/C18H18INO5/c1-11(25-18(22)12-5-4-6-13(19)9-12)17(21)20-15-10-14(23-2)7-8-16(15)24-3/h4-11H,1-3H3,(H,20,21). The number of nitrogens with one attached hydrogen (secondary N) is 1. The average Bonchev–Trinajstić information content (AvgIpc) is 2.61. The van der Waals surface area contributed by atoms with Crippen LogP contribution in [-0.2, 0) is 9.53 Å². The highest BCUT2D eigenvalue weighted by molar-refractivity contribution is 14.1. The molecule has 0 aromatic heterocycles. The molecule has 7 heteroatoms. The first-order valence-electron chi connectivity index (χ1n) is 7.44. The molecular formula is C18H18INO5. The zero-order valence-corrected chi connectivity index (χ0v) is 16.2. The maximum Gasteiger partial charge on any atom is 0.338 e. The number of hydrogen-bond donors (Lipinski definition) is 1. The molecule has 2 aromatic carbocycles. The van der Waals surface area contributed by atoms with Crippen molar-refractivity contribution in [1.29, 1.82) is 0 Å². The van der Waals surface area contributed by atoms with E-state index in [9.17, 15) is 9.59 Å². The lowest BCUT2D eigenvalue weighted by molar-refractivity contribution is -0.123. The van der Waals surface area contributed by atoms with Crippen LogP contribution in [0.25, 0.3) is 0 Å². The molecule has 6 nitrogen and oxygen atoms in total. The van der Waals surface area contributed by atoms with Gasteiger partial charge in [-0.15, -0.1) is 0 Å². The molecule has 0 radical (unpaired) electrons. The van der Waals surface area contributed by atoms with E-state index in [1.54, 1.807) is 36.4 Å². The van der Waals surface area contributed by atoms with Crippen molar-refractivity contribution >= 4 is 40.2 Å². The third kappa shape index (κ3) is 5.09. The molecule has 0 fully saturated rings. The Morgan fingerprint density at radius 2 is 1.84 bits per heavy atom. The van der Waals surface area contributed by atoms with Crippen LogP contribution in [0.2, 0.25) is 0 Å². The lowest BCUT2D eigenvalue weighted by Crippen LogP contribution is -2.30. The maximum absolute atomic E-state index is 12.3. The van der Waals surface area contributed by atoms with Crippen molar-refractivity contribution in [1.82, 2.24) is 0 Å². The molecule has 0 saturated carbocycles. The minimum Gasteiger partial charge on any atom is -0.497 e. The maximum atomic E-state index is 12.3. The molecule has 0 heterocycles. The van der Waals surface area contributed by atoms with Crippen LogP contribution in [0, 0.1) is 3.57 Å². The van der Waals surface area contributed by atoms with Gasteiger partial charge in [0.2, 0.25) is 0 Å². The fourth-order valence-electron chi connectivity index (χ4n) is 2.04. The highest BCUT2D eigenvalue weighted by Gasteiger charge is 2.20. The van der Waals surface area contributed by atoms with E-state index in [-0.39, 0.29) is 0 Å². The third-order valence-corrected chi connectivity index (χ3v) is 4.05. The van der Waals surface area contributed by atoms with Crippen molar-refractivity contribution in [2.24, 2.45) is 0 Å². The summed E-state index contributed by atoms with van der Waals surface area (Å²) in [5, 5.41) is 2.68. The molecule has 132 valence electrons. The molecule has 2 aromatic rings. The molecule has 0 aliphatic heterocycles. The Labute approximate surface area is 159 Å². The summed E-state index contributed by atoms with van der Waals surface area (Å²) in [6, 6.07) is 12.0. The third-order valence-electron chi connectivity index (χ3n) is 3.38. The summed E-state index contributed by atoms with van der Waals surface area (Å²) in [5.74, 6) is 0.0224. The Kier molecular flexibility index (Phi) is 6.63. The predicted octanol–water partition coefficient (Wildman–Crippen LogP) is 3.49. The zero-order chi connectivity index (χ0) is 18.4. The highest BCUT2D eigenvalue weighted by atomic mass is 127. The van der Waals surface area contributed by atoms with Crippen molar-refractivity contribution in [2.45, 2.75) is 13.0 Å². The molecule has 1 unspecified atom stereocenters. The van der Waals surface area contributed by atoms with Crippen LogP contribution in [0.5, 0.6) is 11.5 Å². The second-order valence-electron chi connectivity index (χ2n) is 5.11. The number of rotatable bonds is 6. The second kappa shape index (κ2) is 8.70. The zero-order valence-electron chi connectivity index (χ0n) is 14.0. The lowest BCUT2D eigenvalue weighted by atomic mass is 10.2. The van der Waals surface area contributed by atoms with Crippen LogP contribution in [0.1, 0.15) is 17.3 Å². The summed E-state index contributed by atoms with van der Waals surface area (Å²) in [6.07, 6.45) is -0.971. The largest absolute Gasteiger partial charge is 0.497 e. The molecule has 1 atom stereocenters. The van der Waals surface area contributed by atoms with E-state index in [0.717, 1.165) is 3.57 Å². The number of ether oxygens (including phenoxy) is 3. The summed E-state index contributed by atoms with van der Waals surface area (Å²) in [6.45, 7) is 1.51. The van der Waals surface area contributed by atoms with Crippen LogP contribution < -0.4 is 14.8 Å². The summed E-state index contributed by atoms with van der Waals surface area (Å²) in [7, 11) is 3.02. The summed E-state index contributed by atoms with van der Waals surface area (Å²) in [5.41, 5.74) is 0.828. The number of benzene rings is 2. The van der Waals surface area contributed by atoms with Crippen molar-refractivity contribution in [3.8, 4) is 11.5 Å². The van der Waals surface area contributed by atoms with Crippen LogP contribution in [0.15, 0.2) is 42.5 Å². The van der Waals surface area contributed by atoms with Crippen molar-refractivity contribution < 1.29 is 23.8 Å². The number of esters is 1. The Bertz CT molecular complexity index is 778. The first-order chi connectivity index (χ1) is 11.9. The van der Waals surface area contributed by atoms with E-state index in [0.29, 0.717) is 22.7 Å². The SMILES string of the molecule is COc1ccc(OC)c(NC(=O)C(C)OC(=O)c2cccc(I)c2)c1. The van der Waals surface area contributed by atoms with Crippen LogP contribution in [0.3, 0.4) is 0 Å². The van der Waals surface area contributed by atoms with Gasteiger partial charge in [0.1, 0.15) is 11.5 Å². The fourth-order valence-corrected chi connectivity index (χ4v) is 2.59. The lowest BCUT2D eigenvalue weighted by Gasteiger charge is -2.16. The van der Waals surface area contributed by atoms with E-state index in [2.05, 4.69) is 27.9 Å². The van der Waals surface area contributed by atoms with Gasteiger partial charge in [0.15, 0.2) is 6.10 Å². The van der Waals surface area contributed by atoms with E-state index >= 15 is 0 Å². The number of carbonyl (C=O) groups is 2. The first-order valence-corrected chi connectivity index (χ1v) is 8.52. The van der Waals surface area contributed by atoms with Gasteiger partial charge in [-0.3, -0.25) is 4.79 Å². The van der Waals surface area contributed by atoms with Crippen molar-refractivity contribution in [2.75, 3.05) is 19.5 Å². The predicted molar refractivity (Wildman–Crippen MR) is 102 cm³/mol. The number of carbonyl (C=O) groups excluding carboxylic acids is 2. The average molecular weight is 455 g/mol. The normalized spacial score (nSPS) is 11.4. The molecule has 0 bridgehead atoms. The van der Waals surface area contributed by atoms with E-state index in [1.807, 2.05) is 6.07 Å². The van der Waals surface area contributed by atoms with Gasteiger partial charge in [-0.05, 0) is 59.8 Å². The Balaban J connectivity index is 2.06. The van der Waals surface area contributed by atoms with E-state index in [4.69, 9.17) is 14.2 Å². The molecule has 0 spiro atoms. The number of anilines is 1. The second-order valence-corrected chi connectivity index (χ2v) is 6.36. The molecule has 25 heavy (non-hydrogen) atoms. The van der Waals surface area contributed by atoms with Gasteiger partial charge in [0, 0.05) is 9.64 Å². The van der Waals surface area contributed by atoms with E-state index in [1.165, 1.54) is 21.1 Å². The summed E-state index contributed by atoms with van der Waals surface area (Å²) >= 11 is 2.10. The van der Waals surface area contributed by atoms with Gasteiger partial charge in [0.25, 0.3) is 5.91 Å². The Morgan fingerprint density at radius 1 is 1.08 bits per heavy atom. The van der Waals surface area contributed by atoms with Crippen LogP contribution in [0.4, 0.5) is 5.69 Å². The summed E-state index contributed by atoms with van der Waals surface area (Å²) in [4.78, 5) is 24.5. The fraction of sp³-hybridized carbons (Fsp3) is 0.222. The van der Waals surface area contributed by atoms with Crippen molar-refractivity contribution in [3.05, 3.63) is 51.6 Å². The van der Waals surface area contributed by atoms with Crippen LogP contribution >= 0.6 is 22.6 Å². The number of amides is 1. The number of halogens is 1. The highest BCUT2D eigenvalue weighted by Crippen LogP contribution is 2.29. The molecule has 2 rings (SSSR count). The van der Waals surface area contributed by atoms with Crippen LogP contribution in [-0.4, -0.2) is 32.2 Å². The van der Waals surface area contributed by atoms with Gasteiger partial charge in [-0.2, -0.15) is 0 Å². The van der Waals surface area contributed by atoms with Crippen molar-refractivity contribution in [3.63, 3.8) is 0 Å². The minimum atomic E-state index is -0.971.